The fourth-order valence-electron chi connectivity index (χ4n) is 2.20. The first-order valence-electron chi connectivity index (χ1n) is 6.59. The highest BCUT2D eigenvalue weighted by molar-refractivity contribution is 5.80. The lowest BCUT2D eigenvalue weighted by Gasteiger charge is -2.05. The van der Waals surface area contributed by atoms with Crippen LogP contribution in [0.25, 0.3) is 11.0 Å². The molecule has 0 saturated heterocycles. The summed E-state index contributed by atoms with van der Waals surface area (Å²) in [6.07, 6.45) is 0. The van der Waals surface area contributed by atoms with E-state index >= 15 is 0 Å². The van der Waals surface area contributed by atoms with Crippen molar-refractivity contribution in [3.05, 3.63) is 54.4 Å². The quantitative estimate of drug-likeness (QED) is 0.789. The Balaban J connectivity index is 1.86. The minimum Gasteiger partial charge on any atom is -0.486 e. The van der Waals surface area contributed by atoms with Crippen LogP contribution in [-0.2, 0) is 13.7 Å². The standard InChI is InChI=1S/C16H17N3O/c1-17-12-8-9-15-14(10-12)18-16(19(15)2)11-20-13-6-4-3-5-7-13/h3-10,17H,11H2,1-2H3. The lowest BCUT2D eigenvalue weighted by atomic mass is 10.3. The Bertz CT molecular complexity index is 719. The first kappa shape index (κ1) is 12.5. The number of ether oxygens (including phenoxy) is 1. The molecule has 3 rings (SSSR count). The van der Waals surface area contributed by atoms with Crippen molar-refractivity contribution in [1.29, 1.82) is 0 Å². The largest absolute Gasteiger partial charge is 0.486 e. The van der Waals surface area contributed by atoms with E-state index in [-0.39, 0.29) is 0 Å². The van der Waals surface area contributed by atoms with Gasteiger partial charge in [0.15, 0.2) is 0 Å². The van der Waals surface area contributed by atoms with E-state index in [0.717, 1.165) is 28.3 Å². The van der Waals surface area contributed by atoms with Gasteiger partial charge in [-0.25, -0.2) is 4.98 Å². The fraction of sp³-hybridized carbons (Fsp3) is 0.188. The highest BCUT2D eigenvalue weighted by Gasteiger charge is 2.08. The molecule has 2 aromatic carbocycles. The summed E-state index contributed by atoms with van der Waals surface area (Å²) in [4.78, 5) is 4.63. The Morgan fingerprint density at radius 2 is 1.95 bits per heavy atom. The molecule has 0 aliphatic carbocycles. The van der Waals surface area contributed by atoms with Gasteiger partial charge < -0.3 is 14.6 Å². The summed E-state index contributed by atoms with van der Waals surface area (Å²) in [7, 11) is 3.92. The SMILES string of the molecule is CNc1ccc2c(c1)nc(COc1ccccc1)n2C. The van der Waals surface area contributed by atoms with Gasteiger partial charge in [0.25, 0.3) is 0 Å². The number of para-hydroxylation sites is 1. The minimum atomic E-state index is 0.462. The molecule has 0 fully saturated rings. The molecular formula is C16H17N3O. The lowest BCUT2D eigenvalue weighted by molar-refractivity contribution is 0.292. The van der Waals surface area contributed by atoms with Gasteiger partial charge in [0, 0.05) is 19.8 Å². The maximum absolute atomic E-state index is 5.76. The number of imidazole rings is 1. The summed E-state index contributed by atoms with van der Waals surface area (Å²) in [5.41, 5.74) is 3.15. The van der Waals surface area contributed by atoms with E-state index < -0.39 is 0 Å². The monoisotopic (exact) mass is 267 g/mol. The number of nitrogens with zero attached hydrogens (tertiary/aromatic N) is 2. The van der Waals surface area contributed by atoms with Gasteiger partial charge in [0.2, 0.25) is 0 Å². The first-order valence-corrected chi connectivity index (χ1v) is 6.59. The van der Waals surface area contributed by atoms with Crippen molar-refractivity contribution in [2.24, 2.45) is 7.05 Å². The Labute approximate surface area is 118 Å². The minimum absolute atomic E-state index is 0.462. The molecule has 1 N–H and O–H groups in total. The van der Waals surface area contributed by atoms with Crippen LogP contribution in [0.2, 0.25) is 0 Å². The van der Waals surface area contributed by atoms with Gasteiger partial charge in [-0.05, 0) is 30.3 Å². The van der Waals surface area contributed by atoms with Gasteiger partial charge in [-0.1, -0.05) is 18.2 Å². The number of aromatic nitrogens is 2. The predicted octanol–water partition coefficient (Wildman–Crippen LogP) is 3.19. The average molecular weight is 267 g/mol. The van der Waals surface area contributed by atoms with Crippen LogP contribution in [0.3, 0.4) is 0 Å². The molecular weight excluding hydrogens is 250 g/mol. The van der Waals surface area contributed by atoms with Crippen LogP contribution in [0.15, 0.2) is 48.5 Å². The topological polar surface area (TPSA) is 39.1 Å². The second-order valence-corrected chi connectivity index (χ2v) is 4.64. The maximum Gasteiger partial charge on any atom is 0.147 e. The number of hydrogen-bond donors (Lipinski definition) is 1. The number of benzene rings is 2. The van der Waals surface area contributed by atoms with E-state index in [1.54, 1.807) is 0 Å². The van der Waals surface area contributed by atoms with Crippen LogP contribution < -0.4 is 10.1 Å². The second-order valence-electron chi connectivity index (χ2n) is 4.64. The van der Waals surface area contributed by atoms with Crippen molar-refractivity contribution in [1.82, 2.24) is 9.55 Å². The highest BCUT2D eigenvalue weighted by atomic mass is 16.5. The van der Waals surface area contributed by atoms with Crippen LogP contribution in [0.4, 0.5) is 5.69 Å². The zero-order valence-electron chi connectivity index (χ0n) is 11.6. The van der Waals surface area contributed by atoms with Crippen LogP contribution in [0.1, 0.15) is 5.82 Å². The third-order valence-electron chi connectivity index (χ3n) is 3.37. The van der Waals surface area contributed by atoms with Gasteiger partial charge >= 0.3 is 0 Å². The molecule has 4 nitrogen and oxygen atoms in total. The molecule has 0 atom stereocenters. The van der Waals surface area contributed by atoms with E-state index in [1.807, 2.05) is 56.6 Å². The Morgan fingerprint density at radius 3 is 2.70 bits per heavy atom. The predicted molar refractivity (Wildman–Crippen MR) is 81.0 cm³/mol. The van der Waals surface area contributed by atoms with Crippen molar-refractivity contribution in [3.63, 3.8) is 0 Å². The van der Waals surface area contributed by atoms with Crippen LogP contribution in [-0.4, -0.2) is 16.6 Å². The number of anilines is 1. The fourth-order valence-corrected chi connectivity index (χ4v) is 2.20. The molecule has 1 aromatic heterocycles. The van der Waals surface area contributed by atoms with Crippen molar-refractivity contribution in [3.8, 4) is 5.75 Å². The zero-order chi connectivity index (χ0) is 13.9. The molecule has 0 radical (unpaired) electrons. The zero-order valence-corrected chi connectivity index (χ0v) is 11.6. The summed E-state index contributed by atoms with van der Waals surface area (Å²) in [5.74, 6) is 1.77. The highest BCUT2D eigenvalue weighted by Crippen LogP contribution is 2.20. The molecule has 3 aromatic rings. The van der Waals surface area contributed by atoms with E-state index in [0.29, 0.717) is 6.61 Å². The molecule has 0 spiro atoms. The smallest absolute Gasteiger partial charge is 0.147 e. The molecule has 20 heavy (non-hydrogen) atoms. The van der Waals surface area contributed by atoms with Gasteiger partial charge in [0.05, 0.1) is 11.0 Å². The Morgan fingerprint density at radius 1 is 1.15 bits per heavy atom. The van der Waals surface area contributed by atoms with Crippen LogP contribution in [0, 0.1) is 0 Å². The number of rotatable bonds is 4. The molecule has 0 aliphatic rings. The van der Waals surface area contributed by atoms with E-state index in [4.69, 9.17) is 4.74 Å². The summed E-state index contributed by atoms with van der Waals surface area (Å²) in [6.45, 7) is 0.462. The molecule has 0 unspecified atom stereocenters. The van der Waals surface area contributed by atoms with Crippen LogP contribution in [0.5, 0.6) is 5.75 Å². The molecule has 4 heteroatoms. The summed E-state index contributed by atoms with van der Waals surface area (Å²) >= 11 is 0. The summed E-state index contributed by atoms with van der Waals surface area (Å²) in [5, 5.41) is 3.13. The summed E-state index contributed by atoms with van der Waals surface area (Å²) < 4.78 is 7.83. The number of fused-ring (bicyclic) bond motifs is 1. The molecule has 102 valence electrons. The number of hydrogen-bond acceptors (Lipinski definition) is 3. The second kappa shape index (κ2) is 5.25. The van der Waals surface area contributed by atoms with Crippen molar-refractivity contribution < 1.29 is 4.74 Å². The average Bonchev–Trinajstić information content (AvgIpc) is 2.82. The molecule has 0 amide bonds. The van der Waals surface area contributed by atoms with E-state index in [9.17, 15) is 0 Å². The van der Waals surface area contributed by atoms with Crippen molar-refractivity contribution in [2.45, 2.75) is 6.61 Å². The molecule has 0 bridgehead atoms. The lowest BCUT2D eigenvalue weighted by Crippen LogP contribution is -2.03. The molecule has 1 heterocycles. The Hall–Kier alpha value is -2.49. The molecule has 0 saturated carbocycles. The van der Waals surface area contributed by atoms with Crippen LogP contribution >= 0.6 is 0 Å². The number of nitrogens with one attached hydrogen (secondary N) is 1. The first-order chi connectivity index (χ1) is 9.78. The normalized spacial score (nSPS) is 10.7. The summed E-state index contributed by atoms with van der Waals surface area (Å²) in [6, 6.07) is 15.9. The number of aryl methyl sites for hydroxylation is 1. The Kier molecular flexibility index (Phi) is 3.29. The van der Waals surface area contributed by atoms with Crippen molar-refractivity contribution in [2.75, 3.05) is 12.4 Å². The van der Waals surface area contributed by atoms with Gasteiger partial charge in [0.1, 0.15) is 18.2 Å². The van der Waals surface area contributed by atoms with Gasteiger partial charge in [-0.15, -0.1) is 0 Å². The maximum atomic E-state index is 5.76. The van der Waals surface area contributed by atoms with Gasteiger partial charge in [-0.3, -0.25) is 0 Å². The van der Waals surface area contributed by atoms with E-state index in [2.05, 4.69) is 20.9 Å². The van der Waals surface area contributed by atoms with Crippen molar-refractivity contribution >= 4 is 16.7 Å². The van der Waals surface area contributed by atoms with Gasteiger partial charge in [-0.2, -0.15) is 0 Å². The van der Waals surface area contributed by atoms with E-state index in [1.165, 1.54) is 0 Å². The molecule has 0 aliphatic heterocycles. The third kappa shape index (κ3) is 2.32. The third-order valence-corrected chi connectivity index (χ3v) is 3.37.